The van der Waals surface area contributed by atoms with Crippen molar-refractivity contribution in [2.24, 2.45) is 23.5 Å². The summed E-state index contributed by atoms with van der Waals surface area (Å²) in [5.41, 5.74) is 10.9. The first kappa shape index (κ1) is 24.1. The SMILES string of the molecule is COCCOCOc1ccc(/C(C)=C/c2ccc(C(N)=O)cc2)cc1C12CC3CC(CC(C3)C1)C2. The lowest BCUT2D eigenvalue weighted by Crippen LogP contribution is -2.48. The second-order valence-corrected chi connectivity index (χ2v) is 10.9. The van der Waals surface area contributed by atoms with E-state index < -0.39 is 5.91 Å². The van der Waals surface area contributed by atoms with Crippen molar-refractivity contribution in [3.8, 4) is 5.75 Å². The van der Waals surface area contributed by atoms with Crippen molar-refractivity contribution in [3.63, 3.8) is 0 Å². The molecule has 0 aliphatic heterocycles. The van der Waals surface area contributed by atoms with Crippen molar-refractivity contribution >= 4 is 17.6 Å². The van der Waals surface area contributed by atoms with E-state index in [0.717, 1.165) is 29.1 Å². The highest BCUT2D eigenvalue weighted by atomic mass is 16.7. The molecule has 2 N–H and O–H groups in total. The Morgan fingerprint density at radius 1 is 0.971 bits per heavy atom. The molecule has 0 radical (unpaired) electrons. The lowest BCUT2D eigenvalue weighted by molar-refractivity contribution is -0.0189. The average Bonchev–Trinajstić information content (AvgIpc) is 2.83. The van der Waals surface area contributed by atoms with E-state index in [-0.39, 0.29) is 12.2 Å². The van der Waals surface area contributed by atoms with Gasteiger partial charge in [-0.2, -0.15) is 0 Å². The third-order valence-corrected chi connectivity index (χ3v) is 8.35. The van der Waals surface area contributed by atoms with Crippen LogP contribution in [-0.4, -0.2) is 33.0 Å². The number of carbonyl (C=O) groups is 1. The van der Waals surface area contributed by atoms with Crippen LogP contribution in [0.25, 0.3) is 11.6 Å². The van der Waals surface area contributed by atoms with Crippen LogP contribution in [0.15, 0.2) is 42.5 Å². The smallest absolute Gasteiger partial charge is 0.248 e. The van der Waals surface area contributed by atoms with Crippen molar-refractivity contribution < 1.29 is 19.0 Å². The van der Waals surface area contributed by atoms with E-state index in [0.29, 0.717) is 18.8 Å². The number of primary amides is 1. The number of nitrogens with two attached hydrogens (primary N) is 1. The Labute approximate surface area is 208 Å². The van der Waals surface area contributed by atoms with E-state index in [9.17, 15) is 4.79 Å². The summed E-state index contributed by atoms with van der Waals surface area (Å²) in [4.78, 5) is 11.4. The van der Waals surface area contributed by atoms with E-state index in [4.69, 9.17) is 19.9 Å². The minimum absolute atomic E-state index is 0.218. The van der Waals surface area contributed by atoms with E-state index in [2.05, 4.69) is 31.2 Å². The van der Waals surface area contributed by atoms with Gasteiger partial charge in [-0.1, -0.05) is 24.3 Å². The molecule has 35 heavy (non-hydrogen) atoms. The molecule has 4 saturated carbocycles. The van der Waals surface area contributed by atoms with Gasteiger partial charge in [-0.05, 0) is 110 Å². The van der Waals surface area contributed by atoms with Crippen LogP contribution in [0.4, 0.5) is 0 Å². The summed E-state index contributed by atoms with van der Waals surface area (Å²) >= 11 is 0. The van der Waals surface area contributed by atoms with Crippen molar-refractivity contribution in [1.29, 1.82) is 0 Å². The van der Waals surface area contributed by atoms with Crippen LogP contribution in [0.3, 0.4) is 0 Å². The number of amides is 1. The van der Waals surface area contributed by atoms with Gasteiger partial charge in [0.25, 0.3) is 0 Å². The zero-order chi connectivity index (χ0) is 24.4. The number of allylic oxidation sites excluding steroid dienone is 1. The van der Waals surface area contributed by atoms with Gasteiger partial charge in [0.15, 0.2) is 6.79 Å². The zero-order valence-electron chi connectivity index (χ0n) is 20.9. The Bertz CT molecular complexity index is 1050. The first-order valence-corrected chi connectivity index (χ1v) is 12.9. The standard InChI is InChI=1S/C30H37NO4/c1-20(11-21-3-5-25(6-4-21)29(31)32)26-7-8-28(35-19-34-10-9-33-2)27(15-26)30-16-22-12-23(17-30)14-24(13-22)18-30/h3-8,11,15,22-24H,9-10,12-14,16-19H2,1-2H3,(H2,31,32)/b20-11+. The number of rotatable bonds is 10. The summed E-state index contributed by atoms with van der Waals surface area (Å²) in [6.07, 6.45) is 10.2. The average molecular weight is 476 g/mol. The van der Waals surface area contributed by atoms with E-state index in [1.54, 1.807) is 19.2 Å². The van der Waals surface area contributed by atoms with Crippen LogP contribution in [-0.2, 0) is 14.9 Å². The second kappa shape index (κ2) is 10.2. The van der Waals surface area contributed by atoms with E-state index >= 15 is 0 Å². The van der Waals surface area contributed by atoms with E-state index in [1.807, 2.05) is 12.1 Å². The second-order valence-electron chi connectivity index (χ2n) is 10.9. The molecule has 5 nitrogen and oxygen atoms in total. The maximum atomic E-state index is 11.4. The fourth-order valence-electron chi connectivity index (χ4n) is 7.14. The first-order chi connectivity index (χ1) is 17.0. The van der Waals surface area contributed by atoms with Crippen molar-refractivity contribution in [1.82, 2.24) is 0 Å². The zero-order valence-corrected chi connectivity index (χ0v) is 20.9. The van der Waals surface area contributed by atoms with Gasteiger partial charge in [0.2, 0.25) is 5.91 Å². The number of ether oxygens (including phenoxy) is 3. The third kappa shape index (κ3) is 5.17. The number of hydrogen-bond donors (Lipinski definition) is 1. The van der Waals surface area contributed by atoms with Crippen LogP contribution in [0.2, 0.25) is 0 Å². The Morgan fingerprint density at radius 2 is 1.60 bits per heavy atom. The Morgan fingerprint density at radius 3 is 2.20 bits per heavy atom. The quantitative estimate of drug-likeness (QED) is 0.267. The number of carbonyl (C=O) groups excluding carboxylic acids is 1. The Balaban J connectivity index is 1.44. The summed E-state index contributed by atoms with van der Waals surface area (Å²) in [7, 11) is 1.68. The topological polar surface area (TPSA) is 70.8 Å². The summed E-state index contributed by atoms with van der Waals surface area (Å²) < 4.78 is 16.9. The fourth-order valence-corrected chi connectivity index (χ4v) is 7.14. The highest BCUT2D eigenvalue weighted by molar-refractivity contribution is 5.93. The molecule has 2 aromatic carbocycles. The predicted molar refractivity (Wildman–Crippen MR) is 138 cm³/mol. The van der Waals surface area contributed by atoms with Crippen LogP contribution in [0.1, 0.15) is 72.5 Å². The number of methoxy groups -OCH3 is 1. The molecule has 4 aliphatic carbocycles. The van der Waals surface area contributed by atoms with Gasteiger partial charge in [-0.3, -0.25) is 4.79 Å². The van der Waals surface area contributed by atoms with Gasteiger partial charge in [-0.15, -0.1) is 0 Å². The summed E-state index contributed by atoms with van der Waals surface area (Å²) in [5, 5.41) is 0. The molecule has 1 amide bonds. The fraction of sp³-hybridized carbons (Fsp3) is 0.500. The lowest BCUT2D eigenvalue weighted by Gasteiger charge is -2.57. The highest BCUT2D eigenvalue weighted by Crippen LogP contribution is 2.62. The normalized spacial score (nSPS) is 27.3. The molecule has 0 unspecified atom stereocenters. The third-order valence-electron chi connectivity index (χ3n) is 8.35. The highest BCUT2D eigenvalue weighted by Gasteiger charge is 2.52. The molecule has 0 aromatic heterocycles. The number of benzene rings is 2. The van der Waals surface area contributed by atoms with Gasteiger partial charge >= 0.3 is 0 Å². The summed E-state index contributed by atoms with van der Waals surface area (Å²) in [5.74, 6) is 3.13. The van der Waals surface area contributed by atoms with Gasteiger partial charge in [-0.25, -0.2) is 0 Å². The van der Waals surface area contributed by atoms with Crippen LogP contribution in [0, 0.1) is 17.8 Å². The van der Waals surface area contributed by atoms with Gasteiger partial charge in [0, 0.05) is 18.2 Å². The Kier molecular flexibility index (Phi) is 6.99. The summed E-state index contributed by atoms with van der Waals surface area (Å²) in [6, 6.07) is 14.1. The molecule has 4 fully saturated rings. The monoisotopic (exact) mass is 475 g/mol. The molecule has 0 saturated heterocycles. The molecule has 6 rings (SSSR count). The largest absolute Gasteiger partial charge is 0.467 e. The van der Waals surface area contributed by atoms with E-state index in [1.165, 1.54) is 55.2 Å². The molecule has 4 aliphatic rings. The first-order valence-electron chi connectivity index (χ1n) is 12.9. The van der Waals surface area contributed by atoms with Crippen molar-refractivity contribution in [3.05, 3.63) is 64.7 Å². The maximum absolute atomic E-state index is 11.4. The van der Waals surface area contributed by atoms with Crippen molar-refractivity contribution in [2.45, 2.75) is 50.9 Å². The van der Waals surface area contributed by atoms with Crippen molar-refractivity contribution in [2.75, 3.05) is 27.1 Å². The van der Waals surface area contributed by atoms with Crippen LogP contribution in [0.5, 0.6) is 5.75 Å². The molecule has 5 heteroatoms. The van der Waals surface area contributed by atoms with Crippen LogP contribution < -0.4 is 10.5 Å². The van der Waals surface area contributed by atoms with Gasteiger partial charge in [0.05, 0.1) is 13.2 Å². The summed E-state index contributed by atoms with van der Waals surface area (Å²) in [6.45, 7) is 3.48. The maximum Gasteiger partial charge on any atom is 0.248 e. The minimum Gasteiger partial charge on any atom is -0.467 e. The molecule has 2 aromatic rings. The molecule has 0 atom stereocenters. The molecular formula is C30H37NO4. The predicted octanol–water partition coefficient (Wildman–Crippen LogP) is 5.81. The molecule has 0 spiro atoms. The van der Waals surface area contributed by atoms with Crippen LogP contribution >= 0.6 is 0 Å². The molecule has 0 heterocycles. The lowest BCUT2D eigenvalue weighted by atomic mass is 9.48. The van der Waals surface area contributed by atoms with Gasteiger partial charge in [0.1, 0.15) is 5.75 Å². The molecule has 4 bridgehead atoms. The number of hydrogen-bond acceptors (Lipinski definition) is 4. The Hall–Kier alpha value is -2.63. The van der Waals surface area contributed by atoms with Gasteiger partial charge < -0.3 is 19.9 Å². The molecule has 186 valence electrons. The minimum atomic E-state index is -0.403. The molecular weight excluding hydrogens is 438 g/mol.